The van der Waals surface area contributed by atoms with Crippen molar-refractivity contribution in [1.29, 1.82) is 0 Å². The molecule has 0 unspecified atom stereocenters. The van der Waals surface area contributed by atoms with Crippen LogP contribution in [0.5, 0.6) is 11.5 Å². The SMILES string of the molecule is CCOc1cc(/C=C2\C(=O)N(CC(C)C)c3ccccc32)c(Br)cc1OCc1ccc(C)cc1. The molecular weight excluding hydrogens is 490 g/mol. The van der Waals surface area contributed by atoms with Gasteiger partial charge in [-0.05, 0) is 55.2 Å². The molecule has 1 aliphatic heterocycles. The lowest BCUT2D eigenvalue weighted by Crippen LogP contribution is -2.30. The Kier molecular flexibility index (Phi) is 7.42. The van der Waals surface area contributed by atoms with E-state index in [-0.39, 0.29) is 5.91 Å². The van der Waals surface area contributed by atoms with Gasteiger partial charge in [-0.3, -0.25) is 4.79 Å². The van der Waals surface area contributed by atoms with E-state index in [1.807, 2.05) is 54.3 Å². The highest BCUT2D eigenvalue weighted by Crippen LogP contribution is 2.41. The number of nitrogens with zero attached hydrogens (tertiary/aromatic N) is 1. The Bertz CT molecular complexity index is 1210. The smallest absolute Gasteiger partial charge is 0.259 e. The summed E-state index contributed by atoms with van der Waals surface area (Å²) in [5.74, 6) is 1.72. The van der Waals surface area contributed by atoms with Gasteiger partial charge in [0.1, 0.15) is 6.61 Å². The van der Waals surface area contributed by atoms with Crippen molar-refractivity contribution >= 4 is 39.2 Å². The minimum absolute atomic E-state index is 0.0273. The third-order valence-electron chi connectivity index (χ3n) is 5.69. The number of aryl methyl sites for hydroxylation is 1. The number of halogens is 1. The molecule has 0 bridgehead atoms. The van der Waals surface area contributed by atoms with E-state index in [0.717, 1.165) is 26.9 Å². The van der Waals surface area contributed by atoms with Crippen molar-refractivity contribution in [3.05, 3.63) is 87.4 Å². The van der Waals surface area contributed by atoms with Crippen molar-refractivity contribution in [2.75, 3.05) is 18.1 Å². The van der Waals surface area contributed by atoms with E-state index in [1.54, 1.807) is 0 Å². The average Bonchev–Trinajstić information content (AvgIpc) is 3.07. The van der Waals surface area contributed by atoms with Crippen LogP contribution in [0.15, 0.2) is 65.1 Å². The maximum absolute atomic E-state index is 13.4. The first-order valence-electron chi connectivity index (χ1n) is 11.6. The van der Waals surface area contributed by atoms with Gasteiger partial charge < -0.3 is 14.4 Å². The second-order valence-electron chi connectivity index (χ2n) is 8.91. The topological polar surface area (TPSA) is 38.8 Å². The molecule has 176 valence electrons. The molecular formula is C29H30BrNO3. The highest BCUT2D eigenvalue weighted by atomic mass is 79.9. The number of rotatable bonds is 8. The minimum atomic E-state index is 0.0273. The lowest BCUT2D eigenvalue weighted by Gasteiger charge is -2.19. The van der Waals surface area contributed by atoms with E-state index < -0.39 is 0 Å². The molecule has 1 aliphatic rings. The maximum Gasteiger partial charge on any atom is 0.259 e. The summed E-state index contributed by atoms with van der Waals surface area (Å²) in [6.07, 6.45) is 1.94. The summed E-state index contributed by atoms with van der Waals surface area (Å²) in [7, 11) is 0. The van der Waals surface area contributed by atoms with Crippen LogP contribution in [0.2, 0.25) is 0 Å². The first-order chi connectivity index (χ1) is 16.4. The van der Waals surface area contributed by atoms with Crippen LogP contribution in [0.1, 0.15) is 43.0 Å². The minimum Gasteiger partial charge on any atom is -0.490 e. The molecule has 0 spiro atoms. The highest BCUT2D eigenvalue weighted by molar-refractivity contribution is 9.10. The molecule has 0 fully saturated rings. The van der Waals surface area contributed by atoms with Gasteiger partial charge >= 0.3 is 0 Å². The van der Waals surface area contributed by atoms with Crippen LogP contribution in [0, 0.1) is 12.8 Å². The maximum atomic E-state index is 13.4. The van der Waals surface area contributed by atoms with Gasteiger partial charge in [-0.1, -0.05) is 77.8 Å². The van der Waals surface area contributed by atoms with Gasteiger partial charge in [0.05, 0.1) is 12.3 Å². The van der Waals surface area contributed by atoms with Crippen molar-refractivity contribution in [3.63, 3.8) is 0 Å². The van der Waals surface area contributed by atoms with Crippen molar-refractivity contribution in [1.82, 2.24) is 0 Å². The fraction of sp³-hybridized carbons (Fsp3) is 0.276. The van der Waals surface area contributed by atoms with Crippen LogP contribution in [0.4, 0.5) is 5.69 Å². The number of carbonyl (C=O) groups is 1. The van der Waals surface area contributed by atoms with Crippen LogP contribution >= 0.6 is 15.9 Å². The fourth-order valence-corrected chi connectivity index (χ4v) is 4.47. The lowest BCUT2D eigenvalue weighted by molar-refractivity contribution is -0.113. The first kappa shape index (κ1) is 24.1. The second-order valence-corrected chi connectivity index (χ2v) is 9.77. The lowest BCUT2D eigenvalue weighted by atomic mass is 10.0. The third kappa shape index (κ3) is 5.20. The Labute approximate surface area is 210 Å². The normalized spacial score (nSPS) is 14.1. The van der Waals surface area contributed by atoms with Gasteiger partial charge in [0.15, 0.2) is 11.5 Å². The number of amides is 1. The predicted molar refractivity (Wildman–Crippen MR) is 142 cm³/mol. The zero-order chi connectivity index (χ0) is 24.2. The van der Waals surface area contributed by atoms with E-state index in [1.165, 1.54) is 5.56 Å². The number of ether oxygens (including phenoxy) is 2. The highest BCUT2D eigenvalue weighted by Gasteiger charge is 2.32. The molecule has 0 aliphatic carbocycles. The summed E-state index contributed by atoms with van der Waals surface area (Å²) in [5, 5.41) is 0. The number of anilines is 1. The van der Waals surface area contributed by atoms with E-state index >= 15 is 0 Å². The standard InChI is InChI=1S/C29H30BrNO3/c1-5-33-27-15-22(25(30)16-28(27)34-18-21-12-10-20(4)11-13-21)14-24-23-8-6-7-9-26(23)31(29(24)32)17-19(2)3/h6-16,19H,5,17-18H2,1-4H3/b24-14-. The van der Waals surface area contributed by atoms with Gasteiger partial charge in [-0.25, -0.2) is 0 Å². The second kappa shape index (κ2) is 10.5. The molecule has 0 N–H and O–H groups in total. The number of fused-ring (bicyclic) bond motifs is 1. The predicted octanol–water partition coefficient (Wildman–Crippen LogP) is 7.28. The quantitative estimate of drug-likeness (QED) is 0.293. The van der Waals surface area contributed by atoms with Gasteiger partial charge in [0, 0.05) is 22.2 Å². The summed E-state index contributed by atoms with van der Waals surface area (Å²) in [6.45, 7) is 9.91. The molecule has 0 saturated carbocycles. The zero-order valence-electron chi connectivity index (χ0n) is 20.1. The fourth-order valence-electron chi connectivity index (χ4n) is 4.04. The van der Waals surface area contributed by atoms with E-state index in [4.69, 9.17) is 9.47 Å². The van der Waals surface area contributed by atoms with Crippen molar-refractivity contribution in [3.8, 4) is 11.5 Å². The van der Waals surface area contributed by atoms with Crippen LogP contribution in [0.25, 0.3) is 11.6 Å². The van der Waals surface area contributed by atoms with Gasteiger partial charge in [0.25, 0.3) is 5.91 Å². The summed E-state index contributed by atoms with van der Waals surface area (Å²) in [4.78, 5) is 15.2. The number of hydrogen-bond acceptors (Lipinski definition) is 3. The molecule has 34 heavy (non-hydrogen) atoms. The van der Waals surface area contributed by atoms with E-state index in [2.05, 4.69) is 61.0 Å². The monoisotopic (exact) mass is 519 g/mol. The van der Waals surface area contributed by atoms with E-state index in [0.29, 0.717) is 42.7 Å². The van der Waals surface area contributed by atoms with Gasteiger partial charge in [0.2, 0.25) is 0 Å². The molecule has 3 aromatic rings. The van der Waals surface area contributed by atoms with Crippen molar-refractivity contribution < 1.29 is 14.3 Å². The molecule has 3 aromatic carbocycles. The Hall–Kier alpha value is -3.05. The largest absolute Gasteiger partial charge is 0.490 e. The Balaban J connectivity index is 1.67. The molecule has 1 heterocycles. The van der Waals surface area contributed by atoms with Gasteiger partial charge in [-0.15, -0.1) is 0 Å². The van der Waals surface area contributed by atoms with Gasteiger partial charge in [-0.2, -0.15) is 0 Å². The summed E-state index contributed by atoms with van der Waals surface area (Å²) in [5.41, 5.74) is 5.79. The van der Waals surface area contributed by atoms with Crippen LogP contribution in [0.3, 0.4) is 0 Å². The first-order valence-corrected chi connectivity index (χ1v) is 12.4. The zero-order valence-corrected chi connectivity index (χ0v) is 21.7. The Morgan fingerprint density at radius 1 is 1.00 bits per heavy atom. The van der Waals surface area contributed by atoms with Crippen LogP contribution < -0.4 is 14.4 Å². The number of hydrogen-bond donors (Lipinski definition) is 0. The summed E-state index contributed by atoms with van der Waals surface area (Å²) in [6, 6.07) is 20.1. The molecule has 4 rings (SSSR count). The third-order valence-corrected chi connectivity index (χ3v) is 6.37. The Morgan fingerprint density at radius 3 is 2.41 bits per heavy atom. The Morgan fingerprint density at radius 2 is 1.71 bits per heavy atom. The summed E-state index contributed by atoms with van der Waals surface area (Å²) >= 11 is 3.69. The van der Waals surface area contributed by atoms with E-state index in [9.17, 15) is 4.79 Å². The molecule has 0 saturated heterocycles. The molecule has 0 aromatic heterocycles. The molecule has 4 nitrogen and oxygen atoms in total. The summed E-state index contributed by atoms with van der Waals surface area (Å²) < 4.78 is 12.9. The van der Waals surface area contributed by atoms with Crippen molar-refractivity contribution in [2.24, 2.45) is 5.92 Å². The molecule has 5 heteroatoms. The van der Waals surface area contributed by atoms with Crippen molar-refractivity contribution in [2.45, 2.75) is 34.3 Å². The number of carbonyl (C=O) groups excluding carboxylic acids is 1. The average molecular weight is 520 g/mol. The molecule has 1 amide bonds. The molecule has 0 atom stereocenters. The van der Waals surface area contributed by atoms with Crippen LogP contribution in [-0.4, -0.2) is 19.1 Å². The number of para-hydroxylation sites is 1. The van der Waals surface area contributed by atoms with Crippen LogP contribution in [-0.2, 0) is 11.4 Å². The molecule has 0 radical (unpaired) electrons. The number of benzene rings is 3.